The molecule has 0 spiro atoms. The summed E-state index contributed by atoms with van der Waals surface area (Å²) in [6.45, 7) is 9.05. The molecule has 86 valence electrons. The van der Waals surface area contributed by atoms with Gasteiger partial charge in [-0.25, -0.2) is 0 Å². The minimum absolute atomic E-state index is 1.14. The second kappa shape index (κ2) is 6.56. The van der Waals surface area contributed by atoms with Crippen molar-refractivity contribution < 1.29 is 0 Å². The van der Waals surface area contributed by atoms with Crippen molar-refractivity contribution in [2.45, 2.75) is 33.2 Å². The van der Waals surface area contributed by atoms with E-state index in [1.54, 1.807) is 0 Å². The Morgan fingerprint density at radius 1 is 1.07 bits per heavy atom. The largest absolute Gasteiger partial charge is 0.316 e. The lowest BCUT2D eigenvalue weighted by molar-refractivity contribution is 0.380. The lowest BCUT2D eigenvalue weighted by Crippen LogP contribution is -2.71. The molecule has 3 nitrogen and oxygen atoms in total. The van der Waals surface area contributed by atoms with Crippen LogP contribution in [0.15, 0.2) is 0 Å². The SMILES string of the molecule is CCC[Si](NC)(N(C)C)N(CC)CC. The normalized spacial score (nSPS) is 16.3. The minimum Gasteiger partial charge on any atom is -0.316 e. The van der Waals surface area contributed by atoms with Crippen LogP contribution in [-0.2, 0) is 0 Å². The highest BCUT2D eigenvalue weighted by Gasteiger charge is 2.39. The maximum Gasteiger partial charge on any atom is 0.286 e. The van der Waals surface area contributed by atoms with E-state index in [1.807, 2.05) is 0 Å². The van der Waals surface area contributed by atoms with Crippen molar-refractivity contribution in [3.63, 3.8) is 0 Å². The average molecular weight is 217 g/mol. The van der Waals surface area contributed by atoms with Crippen LogP contribution >= 0.6 is 0 Å². The van der Waals surface area contributed by atoms with Crippen molar-refractivity contribution in [2.24, 2.45) is 0 Å². The lowest BCUT2D eigenvalue weighted by Gasteiger charge is -2.44. The molecule has 4 heteroatoms. The van der Waals surface area contributed by atoms with E-state index >= 15 is 0 Å². The van der Waals surface area contributed by atoms with E-state index in [2.05, 4.69) is 56.0 Å². The first-order chi connectivity index (χ1) is 6.58. The van der Waals surface area contributed by atoms with E-state index < -0.39 is 8.56 Å². The summed E-state index contributed by atoms with van der Waals surface area (Å²) in [5.41, 5.74) is 0. The van der Waals surface area contributed by atoms with Crippen molar-refractivity contribution in [1.29, 1.82) is 0 Å². The fourth-order valence-corrected chi connectivity index (χ4v) is 6.35. The molecule has 0 aliphatic rings. The van der Waals surface area contributed by atoms with Gasteiger partial charge in [-0.1, -0.05) is 27.2 Å². The van der Waals surface area contributed by atoms with Crippen LogP contribution < -0.4 is 4.98 Å². The fourth-order valence-electron chi connectivity index (χ4n) is 2.27. The molecule has 0 radical (unpaired) electrons. The predicted molar refractivity (Wildman–Crippen MR) is 66.5 cm³/mol. The summed E-state index contributed by atoms with van der Waals surface area (Å²) in [5.74, 6) is 0. The fraction of sp³-hybridized carbons (Fsp3) is 1.00. The standard InChI is InChI=1S/C10H27N3Si/c1-7-10-14(11-4,12(5)6)13(8-2)9-3/h11H,7-10H2,1-6H3. The lowest BCUT2D eigenvalue weighted by atomic mass is 10.6. The third-order valence-electron chi connectivity index (χ3n) is 3.03. The second-order valence-corrected chi connectivity index (χ2v) is 8.04. The number of hydrogen-bond acceptors (Lipinski definition) is 3. The van der Waals surface area contributed by atoms with Crippen molar-refractivity contribution in [3.8, 4) is 0 Å². The molecule has 0 heterocycles. The maximum atomic E-state index is 3.61. The van der Waals surface area contributed by atoms with Crippen molar-refractivity contribution >= 4 is 8.56 Å². The molecule has 0 aromatic heterocycles. The van der Waals surface area contributed by atoms with Crippen molar-refractivity contribution in [1.82, 2.24) is 14.1 Å². The molecule has 0 bridgehead atoms. The predicted octanol–water partition coefficient (Wildman–Crippen LogP) is 1.46. The second-order valence-electron chi connectivity index (χ2n) is 3.88. The van der Waals surface area contributed by atoms with Gasteiger partial charge < -0.3 is 14.1 Å². The number of nitrogens with zero attached hydrogens (tertiary/aromatic N) is 2. The highest BCUT2D eigenvalue weighted by Crippen LogP contribution is 2.16. The van der Waals surface area contributed by atoms with Gasteiger partial charge >= 0.3 is 0 Å². The van der Waals surface area contributed by atoms with Gasteiger partial charge in [-0.05, 0) is 40.3 Å². The van der Waals surface area contributed by atoms with Gasteiger partial charge in [0, 0.05) is 0 Å². The first kappa shape index (κ1) is 14.1. The van der Waals surface area contributed by atoms with Gasteiger partial charge in [0.2, 0.25) is 0 Å². The van der Waals surface area contributed by atoms with Crippen LogP contribution in [0.2, 0.25) is 6.04 Å². The molecule has 0 aliphatic heterocycles. The molecule has 0 aromatic rings. The molecule has 0 aromatic carbocycles. The molecular formula is C10H27N3Si. The van der Waals surface area contributed by atoms with Crippen LogP contribution in [0, 0.1) is 0 Å². The van der Waals surface area contributed by atoms with Crippen molar-refractivity contribution in [3.05, 3.63) is 0 Å². The molecular weight excluding hydrogens is 190 g/mol. The molecule has 0 saturated carbocycles. The summed E-state index contributed by atoms with van der Waals surface area (Å²) in [6.07, 6.45) is 1.25. The quantitative estimate of drug-likeness (QED) is 0.651. The maximum absolute atomic E-state index is 3.61. The van der Waals surface area contributed by atoms with Gasteiger partial charge in [-0.2, -0.15) is 0 Å². The summed E-state index contributed by atoms with van der Waals surface area (Å²) >= 11 is 0. The van der Waals surface area contributed by atoms with E-state index in [-0.39, 0.29) is 0 Å². The molecule has 0 fully saturated rings. The number of rotatable bonds is 7. The van der Waals surface area contributed by atoms with Crippen LogP contribution in [0.5, 0.6) is 0 Å². The number of hydrogen-bond donors (Lipinski definition) is 1. The van der Waals surface area contributed by atoms with Gasteiger partial charge in [-0.15, -0.1) is 0 Å². The van der Waals surface area contributed by atoms with Gasteiger partial charge in [0.25, 0.3) is 8.56 Å². The first-order valence-corrected chi connectivity index (χ1v) is 7.80. The Bertz CT molecular complexity index is 148. The topological polar surface area (TPSA) is 18.5 Å². The zero-order valence-corrected chi connectivity index (χ0v) is 11.7. The van der Waals surface area contributed by atoms with Gasteiger partial charge in [0.1, 0.15) is 0 Å². The smallest absolute Gasteiger partial charge is 0.286 e. The van der Waals surface area contributed by atoms with E-state index in [9.17, 15) is 0 Å². The molecule has 0 aliphatic carbocycles. The Morgan fingerprint density at radius 2 is 1.57 bits per heavy atom. The van der Waals surface area contributed by atoms with E-state index in [4.69, 9.17) is 0 Å². The Hall–Kier alpha value is 0.0969. The molecule has 0 amide bonds. The summed E-state index contributed by atoms with van der Waals surface area (Å²) in [6, 6.07) is 1.29. The van der Waals surface area contributed by atoms with E-state index in [0.717, 1.165) is 13.1 Å². The summed E-state index contributed by atoms with van der Waals surface area (Å²) in [7, 11) is 4.96. The monoisotopic (exact) mass is 217 g/mol. The van der Waals surface area contributed by atoms with Crippen LogP contribution in [0.1, 0.15) is 27.2 Å². The summed E-state index contributed by atoms with van der Waals surface area (Å²) in [4.78, 5) is 3.61. The third-order valence-corrected chi connectivity index (χ3v) is 8.18. The Kier molecular flexibility index (Phi) is 6.60. The van der Waals surface area contributed by atoms with Gasteiger partial charge in [0.15, 0.2) is 0 Å². The van der Waals surface area contributed by atoms with E-state index in [0.29, 0.717) is 0 Å². The summed E-state index contributed by atoms with van der Waals surface area (Å²) in [5, 5.41) is 0. The Balaban J connectivity index is 4.79. The van der Waals surface area contributed by atoms with Gasteiger partial charge in [-0.3, -0.25) is 0 Å². The van der Waals surface area contributed by atoms with Crippen LogP contribution in [-0.4, -0.2) is 51.9 Å². The minimum atomic E-state index is -1.56. The van der Waals surface area contributed by atoms with Gasteiger partial charge in [0.05, 0.1) is 0 Å². The summed E-state index contributed by atoms with van der Waals surface area (Å²) < 4.78 is 5.03. The average Bonchev–Trinajstić information content (AvgIpc) is 2.17. The highest BCUT2D eigenvalue weighted by molar-refractivity contribution is 6.71. The zero-order valence-electron chi connectivity index (χ0n) is 10.7. The van der Waals surface area contributed by atoms with Crippen LogP contribution in [0.3, 0.4) is 0 Å². The molecule has 1 N–H and O–H groups in total. The Morgan fingerprint density at radius 3 is 1.79 bits per heavy atom. The van der Waals surface area contributed by atoms with Crippen LogP contribution in [0.25, 0.3) is 0 Å². The molecule has 14 heavy (non-hydrogen) atoms. The van der Waals surface area contributed by atoms with Crippen molar-refractivity contribution in [2.75, 3.05) is 34.2 Å². The third kappa shape index (κ3) is 2.79. The van der Waals surface area contributed by atoms with E-state index in [1.165, 1.54) is 12.5 Å². The molecule has 1 atom stereocenters. The zero-order chi connectivity index (χ0) is 11.2. The first-order valence-electron chi connectivity index (χ1n) is 5.70. The molecule has 0 rings (SSSR count). The highest BCUT2D eigenvalue weighted by atomic mass is 28.4. The molecule has 1 unspecified atom stereocenters. The van der Waals surface area contributed by atoms with Crippen LogP contribution in [0.4, 0.5) is 0 Å². The molecule has 0 saturated heterocycles. The number of nitrogens with one attached hydrogen (secondary N) is 1. The Labute approximate surface area is 90.7 Å².